The third kappa shape index (κ3) is 3.39. The molecule has 14 heavy (non-hydrogen) atoms. The van der Waals surface area contributed by atoms with Crippen molar-refractivity contribution < 1.29 is 0 Å². The summed E-state index contributed by atoms with van der Waals surface area (Å²) >= 11 is 5.65. The SMILES string of the molecule is Cc1ccsc1CCC(Br)C(C)(C)C. The number of alkyl halides is 1. The lowest BCUT2D eigenvalue weighted by molar-refractivity contribution is 0.386. The summed E-state index contributed by atoms with van der Waals surface area (Å²) in [6.07, 6.45) is 2.43. The van der Waals surface area contributed by atoms with E-state index < -0.39 is 0 Å². The monoisotopic (exact) mass is 274 g/mol. The highest BCUT2D eigenvalue weighted by Gasteiger charge is 2.21. The number of hydrogen-bond donors (Lipinski definition) is 0. The van der Waals surface area contributed by atoms with Crippen LogP contribution in [0, 0.1) is 12.3 Å². The molecule has 1 rings (SSSR count). The van der Waals surface area contributed by atoms with E-state index in [-0.39, 0.29) is 0 Å². The van der Waals surface area contributed by atoms with Gasteiger partial charge in [-0.3, -0.25) is 0 Å². The van der Waals surface area contributed by atoms with Gasteiger partial charge in [-0.25, -0.2) is 0 Å². The summed E-state index contributed by atoms with van der Waals surface area (Å²) in [6.45, 7) is 9.06. The molecule has 80 valence electrons. The van der Waals surface area contributed by atoms with Crippen molar-refractivity contribution in [3.05, 3.63) is 21.9 Å². The van der Waals surface area contributed by atoms with Crippen molar-refractivity contribution in [1.29, 1.82) is 0 Å². The molecular formula is C12H19BrS. The molecule has 0 saturated heterocycles. The second-order valence-corrected chi connectivity index (χ2v) is 7.01. The predicted octanol–water partition coefficient (Wildman–Crippen LogP) is 4.80. The second-order valence-electron chi connectivity index (χ2n) is 4.90. The van der Waals surface area contributed by atoms with E-state index in [9.17, 15) is 0 Å². The van der Waals surface area contributed by atoms with Gasteiger partial charge in [-0.15, -0.1) is 11.3 Å². The van der Waals surface area contributed by atoms with Crippen LogP contribution in [0.4, 0.5) is 0 Å². The number of rotatable bonds is 3. The lowest BCUT2D eigenvalue weighted by Gasteiger charge is -2.25. The Hall–Kier alpha value is 0.180. The molecule has 0 aliphatic heterocycles. The standard InChI is InChI=1S/C12H19BrS/c1-9-7-8-14-10(9)5-6-11(13)12(2,3)4/h7-8,11H,5-6H2,1-4H3. The van der Waals surface area contributed by atoms with Gasteiger partial charge in [0, 0.05) is 9.70 Å². The molecule has 0 amide bonds. The largest absolute Gasteiger partial charge is 0.149 e. The summed E-state index contributed by atoms with van der Waals surface area (Å²) in [6, 6.07) is 2.21. The zero-order chi connectivity index (χ0) is 10.8. The summed E-state index contributed by atoms with van der Waals surface area (Å²) in [7, 11) is 0. The van der Waals surface area contributed by atoms with Crippen molar-refractivity contribution in [3.63, 3.8) is 0 Å². The second kappa shape index (κ2) is 4.80. The smallest absolute Gasteiger partial charge is 0.0197 e. The number of thiophene rings is 1. The topological polar surface area (TPSA) is 0 Å². The van der Waals surface area contributed by atoms with Crippen LogP contribution in [-0.4, -0.2) is 4.83 Å². The molecule has 1 heterocycles. The summed E-state index contributed by atoms with van der Waals surface area (Å²) in [4.78, 5) is 2.15. The maximum absolute atomic E-state index is 3.77. The van der Waals surface area contributed by atoms with Crippen LogP contribution < -0.4 is 0 Å². The molecule has 2 heteroatoms. The van der Waals surface area contributed by atoms with Crippen molar-refractivity contribution in [1.82, 2.24) is 0 Å². The van der Waals surface area contributed by atoms with Crippen molar-refractivity contribution in [2.45, 2.75) is 45.4 Å². The van der Waals surface area contributed by atoms with Gasteiger partial charge >= 0.3 is 0 Å². The Morgan fingerprint density at radius 3 is 2.50 bits per heavy atom. The molecule has 1 unspecified atom stereocenters. The molecular weight excluding hydrogens is 256 g/mol. The molecule has 0 nitrogen and oxygen atoms in total. The molecule has 0 aliphatic carbocycles. The minimum Gasteiger partial charge on any atom is -0.149 e. The van der Waals surface area contributed by atoms with Crippen LogP contribution in [0.15, 0.2) is 11.4 Å². The zero-order valence-corrected chi connectivity index (χ0v) is 11.8. The van der Waals surface area contributed by atoms with Gasteiger partial charge in [0.2, 0.25) is 0 Å². The minimum atomic E-state index is 0.366. The third-order valence-electron chi connectivity index (χ3n) is 2.53. The molecule has 0 aliphatic rings. The number of halogens is 1. The van der Waals surface area contributed by atoms with Crippen LogP contribution >= 0.6 is 27.3 Å². The summed E-state index contributed by atoms with van der Waals surface area (Å²) < 4.78 is 0. The fraction of sp³-hybridized carbons (Fsp3) is 0.667. The highest BCUT2D eigenvalue weighted by atomic mass is 79.9. The molecule has 0 N–H and O–H groups in total. The normalized spacial score (nSPS) is 14.4. The van der Waals surface area contributed by atoms with Crippen molar-refractivity contribution >= 4 is 27.3 Å². The maximum Gasteiger partial charge on any atom is 0.0197 e. The Morgan fingerprint density at radius 2 is 2.07 bits per heavy atom. The van der Waals surface area contributed by atoms with Crippen LogP contribution in [0.5, 0.6) is 0 Å². The summed E-state index contributed by atoms with van der Waals surface area (Å²) in [5.41, 5.74) is 1.81. The Bertz CT molecular complexity index is 283. The fourth-order valence-corrected chi connectivity index (χ4v) is 2.51. The quantitative estimate of drug-likeness (QED) is 0.695. The third-order valence-corrected chi connectivity index (χ3v) is 5.45. The highest BCUT2D eigenvalue weighted by molar-refractivity contribution is 9.09. The van der Waals surface area contributed by atoms with Crippen LogP contribution in [0.1, 0.15) is 37.6 Å². The predicted molar refractivity (Wildman–Crippen MR) is 69.5 cm³/mol. The van der Waals surface area contributed by atoms with E-state index >= 15 is 0 Å². The summed E-state index contributed by atoms with van der Waals surface area (Å²) in [5, 5.41) is 2.19. The number of hydrogen-bond acceptors (Lipinski definition) is 1. The van der Waals surface area contributed by atoms with E-state index in [2.05, 4.69) is 55.1 Å². The van der Waals surface area contributed by atoms with Gasteiger partial charge in [0.1, 0.15) is 0 Å². The van der Waals surface area contributed by atoms with E-state index in [0.29, 0.717) is 10.2 Å². The molecule has 0 saturated carbocycles. The van der Waals surface area contributed by atoms with E-state index in [1.807, 2.05) is 11.3 Å². The molecule has 0 spiro atoms. The van der Waals surface area contributed by atoms with E-state index in [1.165, 1.54) is 18.4 Å². The van der Waals surface area contributed by atoms with Gasteiger partial charge in [-0.05, 0) is 42.2 Å². The van der Waals surface area contributed by atoms with E-state index in [4.69, 9.17) is 0 Å². The minimum absolute atomic E-state index is 0.366. The fourth-order valence-electron chi connectivity index (χ4n) is 1.35. The van der Waals surface area contributed by atoms with Crippen LogP contribution in [0.3, 0.4) is 0 Å². The average Bonchev–Trinajstić information content (AvgIpc) is 2.45. The Kier molecular flexibility index (Phi) is 4.20. The Labute approximate surface area is 99.9 Å². The first-order chi connectivity index (χ1) is 6.41. The van der Waals surface area contributed by atoms with Crippen LogP contribution in [0.2, 0.25) is 0 Å². The summed E-state index contributed by atoms with van der Waals surface area (Å²) in [5.74, 6) is 0. The maximum atomic E-state index is 3.77. The average molecular weight is 275 g/mol. The van der Waals surface area contributed by atoms with Crippen molar-refractivity contribution in [2.24, 2.45) is 5.41 Å². The van der Waals surface area contributed by atoms with Crippen molar-refractivity contribution in [2.75, 3.05) is 0 Å². The first-order valence-electron chi connectivity index (χ1n) is 5.08. The Morgan fingerprint density at radius 1 is 1.43 bits per heavy atom. The molecule has 1 aromatic heterocycles. The molecule has 0 aromatic carbocycles. The van der Waals surface area contributed by atoms with Gasteiger partial charge in [0.25, 0.3) is 0 Å². The Balaban J connectivity index is 2.46. The molecule has 0 bridgehead atoms. The highest BCUT2D eigenvalue weighted by Crippen LogP contribution is 2.30. The van der Waals surface area contributed by atoms with E-state index in [0.717, 1.165) is 0 Å². The lowest BCUT2D eigenvalue weighted by Crippen LogP contribution is -2.20. The van der Waals surface area contributed by atoms with Gasteiger partial charge < -0.3 is 0 Å². The van der Waals surface area contributed by atoms with Gasteiger partial charge in [-0.1, -0.05) is 36.7 Å². The van der Waals surface area contributed by atoms with E-state index in [1.54, 1.807) is 4.88 Å². The zero-order valence-electron chi connectivity index (χ0n) is 9.43. The molecule has 1 atom stereocenters. The molecule has 1 aromatic rings. The number of aryl methyl sites for hydroxylation is 2. The van der Waals surface area contributed by atoms with Crippen LogP contribution in [0.25, 0.3) is 0 Å². The van der Waals surface area contributed by atoms with Crippen molar-refractivity contribution in [3.8, 4) is 0 Å². The van der Waals surface area contributed by atoms with Gasteiger partial charge in [-0.2, -0.15) is 0 Å². The molecule has 0 radical (unpaired) electrons. The molecule has 0 fully saturated rings. The first kappa shape index (κ1) is 12.3. The first-order valence-corrected chi connectivity index (χ1v) is 6.88. The lowest BCUT2D eigenvalue weighted by atomic mass is 9.89. The van der Waals surface area contributed by atoms with Crippen LogP contribution in [-0.2, 0) is 6.42 Å². The van der Waals surface area contributed by atoms with Gasteiger partial charge in [0.05, 0.1) is 0 Å². The van der Waals surface area contributed by atoms with Gasteiger partial charge in [0.15, 0.2) is 0 Å².